The molecule has 0 bridgehead atoms. The molecule has 0 radical (unpaired) electrons. The maximum absolute atomic E-state index is 3.57. The second-order valence-corrected chi connectivity index (χ2v) is 8.10. The molecule has 122 valence electrons. The van der Waals surface area contributed by atoms with E-state index in [1.165, 1.54) is 51.6 Å². The summed E-state index contributed by atoms with van der Waals surface area (Å²) in [5, 5.41) is 3.57. The smallest absolute Gasteiger partial charge is 0.0125 e. The molecule has 0 saturated heterocycles. The van der Waals surface area contributed by atoms with Crippen LogP contribution in [0.25, 0.3) is 0 Å². The molecule has 0 heterocycles. The van der Waals surface area contributed by atoms with Crippen molar-refractivity contribution < 1.29 is 0 Å². The summed E-state index contributed by atoms with van der Waals surface area (Å²) < 4.78 is 0. The van der Waals surface area contributed by atoms with Crippen molar-refractivity contribution in [1.29, 1.82) is 0 Å². The van der Waals surface area contributed by atoms with Gasteiger partial charge in [0.1, 0.15) is 0 Å². The molecule has 2 heteroatoms. The monoisotopic (exact) mass is 284 g/mol. The molecule has 0 spiro atoms. The minimum atomic E-state index is 0.262. The summed E-state index contributed by atoms with van der Waals surface area (Å²) in [7, 11) is 0. The molecule has 0 amide bonds. The van der Waals surface area contributed by atoms with Crippen molar-refractivity contribution >= 4 is 0 Å². The molecule has 0 aliphatic carbocycles. The molecule has 0 aromatic carbocycles. The Bertz CT molecular complexity index is 223. The van der Waals surface area contributed by atoms with Gasteiger partial charge in [-0.1, -0.05) is 26.2 Å². The van der Waals surface area contributed by atoms with Crippen molar-refractivity contribution in [1.82, 2.24) is 10.2 Å². The van der Waals surface area contributed by atoms with Gasteiger partial charge in [-0.2, -0.15) is 0 Å². The molecule has 20 heavy (non-hydrogen) atoms. The van der Waals surface area contributed by atoms with Gasteiger partial charge in [-0.15, -0.1) is 0 Å². The van der Waals surface area contributed by atoms with Gasteiger partial charge in [0.05, 0.1) is 0 Å². The van der Waals surface area contributed by atoms with Gasteiger partial charge in [-0.3, -0.25) is 4.90 Å². The van der Waals surface area contributed by atoms with Crippen molar-refractivity contribution in [3.8, 4) is 0 Å². The van der Waals surface area contributed by atoms with E-state index < -0.39 is 0 Å². The molecule has 0 atom stereocenters. The molecule has 0 aliphatic heterocycles. The van der Waals surface area contributed by atoms with E-state index in [2.05, 4.69) is 58.7 Å². The summed E-state index contributed by atoms with van der Waals surface area (Å²) in [5.41, 5.74) is 0.578. The maximum Gasteiger partial charge on any atom is 0.0125 e. The quantitative estimate of drug-likeness (QED) is 0.578. The first kappa shape index (κ1) is 19.9. The summed E-state index contributed by atoms with van der Waals surface area (Å²) in [5.74, 6) is 0. The summed E-state index contributed by atoms with van der Waals surface area (Å²) in [6, 6.07) is 0. The van der Waals surface area contributed by atoms with Crippen LogP contribution in [-0.2, 0) is 0 Å². The Kier molecular flexibility index (Phi) is 9.74. The fraction of sp³-hybridized carbons (Fsp3) is 1.00. The largest absolute Gasteiger partial charge is 0.312 e. The van der Waals surface area contributed by atoms with Gasteiger partial charge in [-0.05, 0) is 80.4 Å². The third-order valence-electron chi connectivity index (χ3n) is 3.74. The SMILES string of the molecule is CCCCCN(CCCCCNC(C)(C)C)C(C)(C)C. The number of hydrogen-bond donors (Lipinski definition) is 1. The molecule has 0 saturated carbocycles. The highest BCUT2D eigenvalue weighted by Crippen LogP contribution is 2.16. The third-order valence-corrected chi connectivity index (χ3v) is 3.74. The number of unbranched alkanes of at least 4 members (excludes halogenated alkanes) is 4. The second-order valence-electron chi connectivity index (χ2n) is 8.10. The van der Waals surface area contributed by atoms with E-state index in [0.29, 0.717) is 5.54 Å². The predicted octanol–water partition coefficient (Wildman–Crippen LogP) is 4.84. The first-order valence-electron chi connectivity index (χ1n) is 8.67. The molecule has 0 aromatic rings. The average molecular weight is 285 g/mol. The Morgan fingerprint density at radius 2 is 1.30 bits per heavy atom. The molecule has 0 rings (SSSR count). The molecule has 0 aliphatic rings. The van der Waals surface area contributed by atoms with Gasteiger partial charge in [0.15, 0.2) is 0 Å². The molecule has 1 N–H and O–H groups in total. The van der Waals surface area contributed by atoms with Gasteiger partial charge in [0, 0.05) is 11.1 Å². The number of rotatable bonds is 10. The van der Waals surface area contributed by atoms with Crippen LogP contribution in [0.15, 0.2) is 0 Å². The Balaban J connectivity index is 3.80. The van der Waals surface area contributed by atoms with Gasteiger partial charge >= 0.3 is 0 Å². The summed E-state index contributed by atoms with van der Waals surface area (Å²) in [6.45, 7) is 19.7. The van der Waals surface area contributed by atoms with Crippen molar-refractivity contribution in [3.05, 3.63) is 0 Å². The number of nitrogens with zero attached hydrogens (tertiary/aromatic N) is 1. The van der Waals surface area contributed by atoms with Crippen LogP contribution in [0.2, 0.25) is 0 Å². The van der Waals surface area contributed by atoms with E-state index >= 15 is 0 Å². The molecule has 2 nitrogen and oxygen atoms in total. The average Bonchev–Trinajstić information content (AvgIpc) is 2.28. The zero-order valence-electron chi connectivity index (χ0n) is 15.3. The van der Waals surface area contributed by atoms with Crippen molar-refractivity contribution in [2.24, 2.45) is 0 Å². The zero-order chi connectivity index (χ0) is 15.6. The molecular formula is C18H40N2. The van der Waals surface area contributed by atoms with Crippen LogP contribution < -0.4 is 5.32 Å². The third kappa shape index (κ3) is 11.7. The van der Waals surface area contributed by atoms with Crippen LogP contribution in [-0.4, -0.2) is 35.6 Å². The van der Waals surface area contributed by atoms with E-state index in [4.69, 9.17) is 0 Å². The lowest BCUT2D eigenvalue weighted by Crippen LogP contribution is -2.42. The van der Waals surface area contributed by atoms with Crippen LogP contribution in [0.4, 0.5) is 0 Å². The summed E-state index contributed by atoms with van der Waals surface area (Å²) in [4.78, 5) is 2.67. The van der Waals surface area contributed by atoms with Crippen LogP contribution >= 0.6 is 0 Å². The van der Waals surface area contributed by atoms with Crippen LogP contribution in [0.3, 0.4) is 0 Å². The molecule has 0 unspecified atom stereocenters. The molecular weight excluding hydrogens is 244 g/mol. The van der Waals surface area contributed by atoms with Crippen molar-refractivity contribution in [3.63, 3.8) is 0 Å². The Labute approximate surface area is 128 Å². The van der Waals surface area contributed by atoms with Gasteiger partial charge in [0.2, 0.25) is 0 Å². The van der Waals surface area contributed by atoms with Crippen LogP contribution in [0, 0.1) is 0 Å². The van der Waals surface area contributed by atoms with E-state index in [0.717, 1.165) is 6.54 Å². The first-order valence-corrected chi connectivity index (χ1v) is 8.67. The number of hydrogen-bond acceptors (Lipinski definition) is 2. The van der Waals surface area contributed by atoms with Crippen LogP contribution in [0.5, 0.6) is 0 Å². The van der Waals surface area contributed by atoms with E-state index in [-0.39, 0.29) is 5.54 Å². The molecule has 0 aromatic heterocycles. The molecule has 0 fully saturated rings. The van der Waals surface area contributed by atoms with Crippen molar-refractivity contribution in [2.75, 3.05) is 19.6 Å². The van der Waals surface area contributed by atoms with E-state index in [1.807, 2.05) is 0 Å². The van der Waals surface area contributed by atoms with Crippen LogP contribution in [0.1, 0.15) is 87.0 Å². The topological polar surface area (TPSA) is 15.3 Å². The normalized spacial score (nSPS) is 13.2. The van der Waals surface area contributed by atoms with Gasteiger partial charge in [-0.25, -0.2) is 0 Å². The summed E-state index contributed by atoms with van der Waals surface area (Å²) in [6.07, 6.45) is 7.99. The lowest BCUT2D eigenvalue weighted by molar-refractivity contribution is 0.131. The van der Waals surface area contributed by atoms with E-state index in [9.17, 15) is 0 Å². The van der Waals surface area contributed by atoms with Gasteiger partial charge < -0.3 is 5.32 Å². The fourth-order valence-electron chi connectivity index (χ4n) is 2.40. The first-order chi connectivity index (χ1) is 9.17. The highest BCUT2D eigenvalue weighted by Gasteiger charge is 2.19. The van der Waals surface area contributed by atoms with Crippen molar-refractivity contribution in [2.45, 2.75) is 98.1 Å². The predicted molar refractivity (Wildman–Crippen MR) is 92.5 cm³/mol. The highest BCUT2D eigenvalue weighted by molar-refractivity contribution is 4.76. The fourth-order valence-corrected chi connectivity index (χ4v) is 2.40. The second kappa shape index (κ2) is 9.78. The maximum atomic E-state index is 3.57. The lowest BCUT2D eigenvalue weighted by atomic mass is 10.0. The minimum absolute atomic E-state index is 0.262. The summed E-state index contributed by atoms with van der Waals surface area (Å²) >= 11 is 0. The lowest BCUT2D eigenvalue weighted by Gasteiger charge is -2.36. The standard InChI is InChI=1S/C18H40N2/c1-8-9-12-15-20(18(5,6)7)16-13-10-11-14-19-17(2,3)4/h19H,8-16H2,1-7H3. The Morgan fingerprint density at radius 3 is 1.75 bits per heavy atom. The Morgan fingerprint density at radius 1 is 0.750 bits per heavy atom. The van der Waals surface area contributed by atoms with Gasteiger partial charge in [0.25, 0.3) is 0 Å². The van der Waals surface area contributed by atoms with E-state index in [1.54, 1.807) is 0 Å². The Hall–Kier alpha value is -0.0800. The highest BCUT2D eigenvalue weighted by atomic mass is 15.2. The minimum Gasteiger partial charge on any atom is -0.312 e. The zero-order valence-corrected chi connectivity index (χ0v) is 15.3. The number of nitrogens with one attached hydrogen (secondary N) is 1.